The van der Waals surface area contributed by atoms with Crippen LogP contribution in [-0.2, 0) is 6.54 Å². The number of hydrogen-bond acceptors (Lipinski definition) is 2. The van der Waals surface area contributed by atoms with E-state index in [1.54, 1.807) is 7.11 Å². The van der Waals surface area contributed by atoms with E-state index in [2.05, 4.69) is 25.8 Å². The third-order valence-corrected chi connectivity index (χ3v) is 4.19. The fourth-order valence-electron chi connectivity index (χ4n) is 2.38. The molecule has 0 bridgehead atoms. The molecule has 1 aromatic rings. The molecular weight excluding hydrogens is 445 g/mol. The zero-order valence-corrected chi connectivity index (χ0v) is 16.3. The number of benzene rings is 1. The number of methoxy groups -OCH3 is 1. The van der Waals surface area contributed by atoms with Crippen LogP contribution in [0.4, 0.5) is 0 Å². The average Bonchev–Trinajstić information content (AvgIpc) is 2.74. The van der Waals surface area contributed by atoms with Gasteiger partial charge in [0.25, 0.3) is 0 Å². The molecule has 1 heterocycles. The Kier molecular flexibility index (Phi) is 8.39. The molecule has 21 heavy (non-hydrogen) atoms. The van der Waals surface area contributed by atoms with Crippen molar-refractivity contribution in [3.63, 3.8) is 0 Å². The lowest BCUT2D eigenvalue weighted by Gasteiger charge is -2.21. The molecule has 2 rings (SSSR count). The first-order valence-electron chi connectivity index (χ1n) is 7.08. The lowest BCUT2D eigenvalue weighted by Crippen LogP contribution is -2.38. The van der Waals surface area contributed by atoms with Gasteiger partial charge in [-0.05, 0) is 46.5 Å². The quantitative estimate of drug-likeness (QED) is 0.418. The van der Waals surface area contributed by atoms with Crippen molar-refractivity contribution < 1.29 is 4.74 Å². The maximum Gasteiger partial charge on any atom is 0.191 e. The van der Waals surface area contributed by atoms with Gasteiger partial charge < -0.3 is 15.4 Å². The molecule has 0 spiro atoms. The number of nitrogens with two attached hydrogens (primary N) is 1. The molecule has 0 saturated carbocycles. The highest BCUT2D eigenvalue weighted by atomic mass is 127. The van der Waals surface area contributed by atoms with Crippen molar-refractivity contribution in [3.8, 4) is 5.75 Å². The number of rotatable bonds is 3. The summed E-state index contributed by atoms with van der Waals surface area (Å²) in [6, 6.07) is 5.98. The molecule has 1 aromatic carbocycles. The van der Waals surface area contributed by atoms with E-state index in [4.69, 9.17) is 10.5 Å². The number of halogens is 2. The van der Waals surface area contributed by atoms with Crippen molar-refractivity contribution in [1.82, 2.24) is 4.90 Å². The molecule has 0 aromatic heterocycles. The van der Waals surface area contributed by atoms with Gasteiger partial charge in [-0.1, -0.05) is 18.9 Å². The van der Waals surface area contributed by atoms with Crippen molar-refractivity contribution in [2.75, 3.05) is 20.2 Å². The van der Waals surface area contributed by atoms with Crippen LogP contribution < -0.4 is 10.5 Å². The molecule has 2 N–H and O–H groups in total. The van der Waals surface area contributed by atoms with Crippen LogP contribution in [0.25, 0.3) is 0 Å². The van der Waals surface area contributed by atoms with E-state index in [0.29, 0.717) is 12.5 Å². The van der Waals surface area contributed by atoms with Gasteiger partial charge in [0.15, 0.2) is 5.96 Å². The van der Waals surface area contributed by atoms with Gasteiger partial charge in [-0.2, -0.15) is 0 Å². The fraction of sp³-hybridized carbons (Fsp3) is 0.533. The Morgan fingerprint density at radius 1 is 1.29 bits per heavy atom. The number of ether oxygens (including phenoxy) is 1. The minimum Gasteiger partial charge on any atom is -0.496 e. The third kappa shape index (κ3) is 5.65. The molecule has 4 nitrogen and oxygen atoms in total. The molecule has 1 aliphatic heterocycles. The molecular formula is C15H23BrIN3O. The molecule has 0 atom stereocenters. The first-order valence-corrected chi connectivity index (χ1v) is 7.87. The summed E-state index contributed by atoms with van der Waals surface area (Å²) >= 11 is 3.49. The summed E-state index contributed by atoms with van der Waals surface area (Å²) in [7, 11) is 1.66. The molecule has 0 amide bonds. The van der Waals surface area contributed by atoms with E-state index in [1.165, 1.54) is 25.7 Å². The first kappa shape index (κ1) is 18.5. The molecule has 1 aliphatic rings. The maximum absolute atomic E-state index is 6.10. The van der Waals surface area contributed by atoms with Crippen molar-refractivity contribution in [2.45, 2.75) is 32.2 Å². The summed E-state index contributed by atoms with van der Waals surface area (Å²) in [4.78, 5) is 6.72. The van der Waals surface area contributed by atoms with Crippen LogP contribution in [-0.4, -0.2) is 31.1 Å². The lowest BCUT2D eigenvalue weighted by atomic mass is 10.2. The number of hydrogen-bond donors (Lipinski definition) is 1. The van der Waals surface area contributed by atoms with E-state index >= 15 is 0 Å². The summed E-state index contributed by atoms with van der Waals surface area (Å²) in [5, 5.41) is 0. The van der Waals surface area contributed by atoms with E-state index < -0.39 is 0 Å². The Labute approximate surface area is 152 Å². The summed E-state index contributed by atoms with van der Waals surface area (Å²) < 4.78 is 6.16. The van der Waals surface area contributed by atoms with Gasteiger partial charge in [0.05, 0.1) is 18.1 Å². The largest absolute Gasteiger partial charge is 0.496 e. The first-order chi connectivity index (χ1) is 9.70. The second-order valence-electron chi connectivity index (χ2n) is 5.04. The Hall–Kier alpha value is -0.500. The predicted octanol–water partition coefficient (Wildman–Crippen LogP) is 3.77. The van der Waals surface area contributed by atoms with Crippen molar-refractivity contribution in [1.29, 1.82) is 0 Å². The van der Waals surface area contributed by atoms with E-state index in [9.17, 15) is 0 Å². The topological polar surface area (TPSA) is 50.9 Å². The lowest BCUT2D eigenvalue weighted by molar-refractivity contribution is 0.412. The van der Waals surface area contributed by atoms with Crippen LogP contribution in [0.2, 0.25) is 0 Å². The Bertz CT molecular complexity index is 474. The Morgan fingerprint density at radius 2 is 1.95 bits per heavy atom. The van der Waals surface area contributed by atoms with E-state index in [-0.39, 0.29) is 24.0 Å². The van der Waals surface area contributed by atoms with Crippen LogP contribution in [0.5, 0.6) is 5.75 Å². The highest BCUT2D eigenvalue weighted by molar-refractivity contribution is 14.0. The molecule has 1 saturated heterocycles. The van der Waals surface area contributed by atoms with Crippen molar-refractivity contribution >= 4 is 45.9 Å². The Balaban J connectivity index is 0.00000220. The van der Waals surface area contributed by atoms with Crippen molar-refractivity contribution in [3.05, 3.63) is 28.2 Å². The standard InChI is InChI=1S/C15H22BrN3O.HI/c1-20-14-7-6-12(10-13(14)16)11-18-15(17)19-8-4-2-3-5-9-19;/h6-7,10H,2-5,8-9,11H2,1H3,(H2,17,18);1H. The van der Waals surface area contributed by atoms with Crippen LogP contribution in [0.1, 0.15) is 31.2 Å². The van der Waals surface area contributed by atoms with Gasteiger partial charge in [-0.25, -0.2) is 4.99 Å². The number of guanidine groups is 1. The van der Waals surface area contributed by atoms with Crippen LogP contribution >= 0.6 is 39.9 Å². The molecule has 0 unspecified atom stereocenters. The number of likely N-dealkylation sites (tertiary alicyclic amines) is 1. The van der Waals surface area contributed by atoms with Crippen LogP contribution in [0, 0.1) is 0 Å². The highest BCUT2D eigenvalue weighted by Crippen LogP contribution is 2.25. The smallest absolute Gasteiger partial charge is 0.191 e. The normalized spacial score (nSPS) is 16.1. The zero-order chi connectivity index (χ0) is 14.4. The molecule has 0 radical (unpaired) electrons. The van der Waals surface area contributed by atoms with Gasteiger partial charge in [0.2, 0.25) is 0 Å². The van der Waals surface area contributed by atoms with Gasteiger partial charge in [-0.15, -0.1) is 24.0 Å². The van der Waals surface area contributed by atoms with Gasteiger partial charge in [0.1, 0.15) is 5.75 Å². The van der Waals surface area contributed by atoms with E-state index in [0.717, 1.165) is 28.9 Å². The second-order valence-corrected chi connectivity index (χ2v) is 5.90. The second kappa shape index (κ2) is 9.50. The number of nitrogens with zero attached hydrogens (tertiary/aromatic N) is 2. The van der Waals surface area contributed by atoms with Gasteiger partial charge in [0, 0.05) is 13.1 Å². The fourth-order valence-corrected chi connectivity index (χ4v) is 2.97. The molecule has 6 heteroatoms. The molecule has 1 fully saturated rings. The molecule has 0 aliphatic carbocycles. The minimum atomic E-state index is 0. The summed E-state index contributed by atoms with van der Waals surface area (Å²) in [5.74, 6) is 1.50. The third-order valence-electron chi connectivity index (χ3n) is 3.57. The van der Waals surface area contributed by atoms with Crippen LogP contribution in [0.3, 0.4) is 0 Å². The number of aliphatic imine (C=N–C) groups is 1. The summed E-state index contributed by atoms with van der Waals surface area (Å²) in [6.07, 6.45) is 5.03. The average molecular weight is 468 g/mol. The van der Waals surface area contributed by atoms with Gasteiger partial charge in [-0.3, -0.25) is 0 Å². The molecule has 118 valence electrons. The summed E-state index contributed by atoms with van der Waals surface area (Å²) in [5.41, 5.74) is 7.22. The Morgan fingerprint density at radius 3 is 2.52 bits per heavy atom. The zero-order valence-electron chi connectivity index (χ0n) is 12.3. The highest BCUT2D eigenvalue weighted by Gasteiger charge is 2.10. The maximum atomic E-state index is 6.10. The van der Waals surface area contributed by atoms with Gasteiger partial charge >= 0.3 is 0 Å². The van der Waals surface area contributed by atoms with Crippen molar-refractivity contribution in [2.24, 2.45) is 10.7 Å². The monoisotopic (exact) mass is 467 g/mol. The summed E-state index contributed by atoms with van der Waals surface area (Å²) in [6.45, 7) is 2.66. The van der Waals surface area contributed by atoms with E-state index in [1.807, 2.05) is 18.2 Å². The minimum absolute atomic E-state index is 0. The van der Waals surface area contributed by atoms with Crippen LogP contribution in [0.15, 0.2) is 27.7 Å². The predicted molar refractivity (Wildman–Crippen MR) is 101 cm³/mol. The SMILES string of the molecule is COc1ccc(CN=C(N)N2CCCCCC2)cc1Br.I.